The molecule has 17 heavy (non-hydrogen) atoms. The first kappa shape index (κ1) is 11.5. The van der Waals surface area contributed by atoms with Crippen molar-refractivity contribution in [3.8, 4) is 0 Å². The van der Waals surface area contributed by atoms with Crippen molar-refractivity contribution in [2.75, 3.05) is 4.93 Å². The molecule has 0 aliphatic rings. The SMILES string of the molecule is C[I-]c1c2ccccc2[c]([Al])c2ccccc12. The van der Waals surface area contributed by atoms with Gasteiger partial charge in [-0.3, -0.25) is 0 Å². The van der Waals surface area contributed by atoms with E-state index < -0.39 is 0 Å². The van der Waals surface area contributed by atoms with Crippen LogP contribution in [0, 0.1) is 3.57 Å². The van der Waals surface area contributed by atoms with Crippen LogP contribution in [-0.2, 0) is 0 Å². The fourth-order valence-corrected chi connectivity index (χ4v) is 4.92. The Kier molecular flexibility index (Phi) is 3.12. The maximum absolute atomic E-state index is 2.91. The van der Waals surface area contributed by atoms with Crippen molar-refractivity contribution in [2.24, 2.45) is 0 Å². The van der Waals surface area contributed by atoms with E-state index in [1.165, 1.54) is 26.0 Å². The molecule has 3 rings (SSSR count). The number of rotatable bonds is 1. The number of fused-ring (bicyclic) bond motifs is 2. The van der Waals surface area contributed by atoms with Gasteiger partial charge >= 0.3 is 120 Å². The van der Waals surface area contributed by atoms with Crippen molar-refractivity contribution >= 4 is 42.3 Å². The molecule has 0 heterocycles. The second kappa shape index (κ2) is 4.61. The zero-order valence-corrected chi connectivity index (χ0v) is 12.9. The van der Waals surface area contributed by atoms with Gasteiger partial charge in [0.2, 0.25) is 0 Å². The van der Waals surface area contributed by atoms with E-state index in [4.69, 9.17) is 0 Å². The molecule has 2 radical (unpaired) electrons. The maximum atomic E-state index is 2.91. The molecule has 0 amide bonds. The topological polar surface area (TPSA) is 0 Å². The molecule has 0 aliphatic carbocycles. The van der Waals surface area contributed by atoms with Crippen LogP contribution in [0.25, 0.3) is 21.5 Å². The monoisotopic (exact) mass is 345 g/mol. The molecule has 0 nitrogen and oxygen atoms in total. The van der Waals surface area contributed by atoms with Crippen LogP contribution in [0.5, 0.6) is 0 Å². The van der Waals surface area contributed by atoms with Crippen molar-refractivity contribution in [2.45, 2.75) is 0 Å². The van der Waals surface area contributed by atoms with Crippen LogP contribution >= 0.6 is 0 Å². The first-order valence-electron chi connectivity index (χ1n) is 5.51. The zero-order chi connectivity index (χ0) is 11.8. The van der Waals surface area contributed by atoms with E-state index in [9.17, 15) is 0 Å². The van der Waals surface area contributed by atoms with Gasteiger partial charge in [-0.25, -0.2) is 0 Å². The first-order valence-corrected chi connectivity index (χ1v) is 9.32. The van der Waals surface area contributed by atoms with Crippen molar-refractivity contribution in [1.82, 2.24) is 0 Å². The average Bonchev–Trinajstić information content (AvgIpc) is 2.40. The Bertz CT molecular complexity index is 647. The van der Waals surface area contributed by atoms with Gasteiger partial charge < -0.3 is 0 Å². The summed E-state index contributed by atoms with van der Waals surface area (Å²) in [5.74, 6) is 0. The first-order chi connectivity index (χ1) is 8.33. The summed E-state index contributed by atoms with van der Waals surface area (Å²) in [4.78, 5) is 2.34. The number of halogens is 1. The van der Waals surface area contributed by atoms with Crippen molar-refractivity contribution in [3.05, 3.63) is 52.1 Å². The summed E-state index contributed by atoms with van der Waals surface area (Å²) in [5.41, 5.74) is 0. The van der Waals surface area contributed by atoms with Gasteiger partial charge in [0.15, 0.2) is 0 Å². The molecule has 0 atom stereocenters. The summed E-state index contributed by atoms with van der Waals surface area (Å²) in [6.45, 7) is 0. The van der Waals surface area contributed by atoms with Gasteiger partial charge in [0, 0.05) is 0 Å². The number of benzene rings is 3. The minimum atomic E-state index is 0.0829. The fraction of sp³-hybridized carbons (Fsp3) is 0.0667. The molecule has 0 aromatic heterocycles. The molecule has 3 aromatic rings. The van der Waals surface area contributed by atoms with Gasteiger partial charge in [0.05, 0.1) is 0 Å². The van der Waals surface area contributed by atoms with Crippen LogP contribution < -0.4 is 25.6 Å². The molecule has 82 valence electrons. The van der Waals surface area contributed by atoms with Crippen molar-refractivity contribution in [3.63, 3.8) is 0 Å². The third-order valence-electron chi connectivity index (χ3n) is 3.10. The molecule has 2 heteroatoms. The summed E-state index contributed by atoms with van der Waals surface area (Å²) in [5, 5.41) is 5.64. The Labute approximate surface area is 120 Å². The summed E-state index contributed by atoms with van der Waals surface area (Å²) < 4.78 is 2.90. The second-order valence-electron chi connectivity index (χ2n) is 4.01. The molecular formula is C15H11AlI-. The number of alkyl halides is 1. The molecular weight excluding hydrogens is 334 g/mol. The molecule has 0 spiro atoms. The predicted molar refractivity (Wildman–Crippen MR) is 71.5 cm³/mol. The fourth-order valence-electron chi connectivity index (χ4n) is 2.31. The molecule has 0 bridgehead atoms. The number of hydrogen-bond donors (Lipinski definition) is 0. The molecule has 3 aromatic carbocycles. The third kappa shape index (κ3) is 1.79. The van der Waals surface area contributed by atoms with Crippen molar-refractivity contribution in [1.29, 1.82) is 0 Å². The van der Waals surface area contributed by atoms with Crippen LogP contribution in [0.15, 0.2) is 48.5 Å². The van der Waals surface area contributed by atoms with Gasteiger partial charge in [0.25, 0.3) is 0 Å². The van der Waals surface area contributed by atoms with Gasteiger partial charge in [-0.05, 0) is 0 Å². The van der Waals surface area contributed by atoms with E-state index in [2.05, 4.69) is 69.8 Å². The molecule has 0 unspecified atom stereocenters. The van der Waals surface area contributed by atoms with Gasteiger partial charge in [-0.1, -0.05) is 0 Å². The molecule has 0 fully saturated rings. The number of hydrogen-bond acceptors (Lipinski definition) is 0. The standard InChI is InChI=1S/C15H11I.Al/c1-16-15-13-8-4-2-6-11(13)10-12-7-3-5-9-14(12)15;/h2-9H,1H3;/q-1;. The Hall–Kier alpha value is -0.558. The van der Waals surface area contributed by atoms with Gasteiger partial charge in [0.1, 0.15) is 0 Å². The van der Waals surface area contributed by atoms with Crippen LogP contribution in [-0.4, -0.2) is 21.2 Å². The molecule has 0 N–H and O–H groups in total. The Balaban J connectivity index is 2.63. The second-order valence-corrected chi connectivity index (χ2v) is 6.74. The quantitative estimate of drug-likeness (QED) is 0.245. The Morgan fingerprint density at radius 1 is 0.765 bits per heavy atom. The average molecular weight is 345 g/mol. The summed E-state index contributed by atoms with van der Waals surface area (Å²) in [6, 6.07) is 17.5. The van der Waals surface area contributed by atoms with Gasteiger partial charge in [-0.15, -0.1) is 0 Å². The Morgan fingerprint density at radius 2 is 1.18 bits per heavy atom. The summed E-state index contributed by atoms with van der Waals surface area (Å²) in [7, 11) is 0. The molecule has 0 saturated carbocycles. The predicted octanol–water partition coefficient (Wildman–Crippen LogP) is -0.325. The van der Waals surface area contributed by atoms with E-state index in [1.807, 2.05) is 0 Å². The molecule has 0 saturated heterocycles. The van der Waals surface area contributed by atoms with Crippen molar-refractivity contribution < 1.29 is 21.2 Å². The van der Waals surface area contributed by atoms with E-state index in [-0.39, 0.29) is 21.2 Å². The summed E-state index contributed by atoms with van der Waals surface area (Å²) in [6.07, 6.45) is 0. The Morgan fingerprint density at radius 3 is 1.59 bits per heavy atom. The third-order valence-corrected chi connectivity index (χ3v) is 5.96. The van der Waals surface area contributed by atoms with Crippen LogP contribution in [0.1, 0.15) is 0 Å². The van der Waals surface area contributed by atoms with E-state index in [0.29, 0.717) is 0 Å². The van der Waals surface area contributed by atoms with E-state index in [0.717, 1.165) is 0 Å². The van der Waals surface area contributed by atoms with E-state index >= 15 is 0 Å². The normalized spacial score (nSPS) is 11.4. The summed E-state index contributed by atoms with van der Waals surface area (Å²) >= 11 is 3.00. The van der Waals surface area contributed by atoms with Crippen LogP contribution in [0.2, 0.25) is 0 Å². The van der Waals surface area contributed by atoms with Crippen LogP contribution in [0.4, 0.5) is 0 Å². The zero-order valence-electron chi connectivity index (χ0n) is 9.57. The minimum absolute atomic E-state index is 0.0829. The van der Waals surface area contributed by atoms with Crippen LogP contribution in [0.3, 0.4) is 0 Å². The molecule has 0 aliphatic heterocycles. The van der Waals surface area contributed by atoms with Gasteiger partial charge in [-0.2, -0.15) is 0 Å². The van der Waals surface area contributed by atoms with E-state index in [1.54, 1.807) is 3.57 Å².